The molecule has 11 heteroatoms. The van der Waals surface area contributed by atoms with Crippen LogP contribution in [0.3, 0.4) is 0 Å². The summed E-state index contributed by atoms with van der Waals surface area (Å²) in [5.41, 5.74) is 0.345. The van der Waals surface area contributed by atoms with Gasteiger partial charge in [-0.25, -0.2) is 9.50 Å². The summed E-state index contributed by atoms with van der Waals surface area (Å²) in [4.78, 5) is 18.4. The summed E-state index contributed by atoms with van der Waals surface area (Å²) in [6, 6.07) is 4.72. The number of nitrogens with one attached hydrogen (secondary N) is 1. The van der Waals surface area contributed by atoms with E-state index in [1.54, 1.807) is 25.1 Å². The number of benzene rings is 1. The number of rotatable bonds is 4. The maximum Gasteiger partial charge on any atom is 0.299 e. The van der Waals surface area contributed by atoms with Crippen molar-refractivity contribution in [1.29, 1.82) is 0 Å². The number of sulfonamides is 1. The van der Waals surface area contributed by atoms with Gasteiger partial charge in [-0.3, -0.25) is 14.8 Å². The second-order valence-electron chi connectivity index (χ2n) is 5.04. The maximum absolute atomic E-state index is 12.5. The van der Waals surface area contributed by atoms with Crippen LogP contribution >= 0.6 is 0 Å². The van der Waals surface area contributed by atoms with Crippen LogP contribution in [0.2, 0.25) is 0 Å². The summed E-state index contributed by atoms with van der Waals surface area (Å²) in [6.45, 7) is 3.10. The number of nitrogens with zero attached hydrogens (tertiary/aromatic N) is 5. The number of hydrogen-bond acceptors (Lipinski definition) is 7. The van der Waals surface area contributed by atoms with E-state index in [0.29, 0.717) is 11.1 Å². The van der Waals surface area contributed by atoms with Crippen LogP contribution in [0.5, 0.6) is 0 Å². The summed E-state index contributed by atoms with van der Waals surface area (Å²) >= 11 is 0. The average Bonchev–Trinajstić information content (AvgIpc) is 2.95. The molecular formula is C13H12N6O4S. The van der Waals surface area contributed by atoms with Gasteiger partial charge in [0, 0.05) is 18.0 Å². The third-order valence-electron chi connectivity index (χ3n) is 3.34. The van der Waals surface area contributed by atoms with Crippen molar-refractivity contribution in [2.75, 3.05) is 4.72 Å². The first-order valence-corrected chi connectivity index (χ1v) is 8.23. The summed E-state index contributed by atoms with van der Waals surface area (Å²) in [5, 5.41) is 14.6. The molecule has 2 heterocycles. The molecule has 0 bridgehead atoms. The Morgan fingerprint density at radius 3 is 2.62 bits per heavy atom. The Kier molecular flexibility index (Phi) is 3.64. The van der Waals surface area contributed by atoms with Crippen LogP contribution in [0.15, 0.2) is 35.7 Å². The lowest BCUT2D eigenvalue weighted by molar-refractivity contribution is -0.384. The molecule has 0 aliphatic rings. The second-order valence-corrected chi connectivity index (χ2v) is 6.62. The van der Waals surface area contributed by atoms with E-state index in [2.05, 4.69) is 19.8 Å². The van der Waals surface area contributed by atoms with Crippen LogP contribution in [0.4, 0.5) is 11.4 Å². The van der Waals surface area contributed by atoms with Gasteiger partial charge in [-0.05, 0) is 25.5 Å². The number of nitro groups is 1. The lowest BCUT2D eigenvalue weighted by Gasteiger charge is -2.10. The highest BCUT2D eigenvalue weighted by Gasteiger charge is 2.27. The van der Waals surface area contributed by atoms with Crippen molar-refractivity contribution in [1.82, 2.24) is 19.6 Å². The van der Waals surface area contributed by atoms with E-state index in [1.165, 1.54) is 23.8 Å². The number of nitro benzene ring substituents is 1. The topological polar surface area (TPSA) is 132 Å². The fraction of sp³-hybridized carbons (Fsp3) is 0.154. The zero-order chi connectivity index (χ0) is 17.5. The molecule has 3 rings (SSSR count). The summed E-state index contributed by atoms with van der Waals surface area (Å²) in [5.74, 6) is 0.105. The van der Waals surface area contributed by atoms with Gasteiger partial charge in [-0.1, -0.05) is 12.1 Å². The smallest absolute Gasteiger partial charge is 0.270 e. The van der Waals surface area contributed by atoms with Gasteiger partial charge in [0.05, 0.1) is 4.92 Å². The van der Waals surface area contributed by atoms with Gasteiger partial charge in [0.15, 0.2) is 0 Å². The van der Waals surface area contributed by atoms with Crippen molar-refractivity contribution in [3.05, 3.63) is 51.8 Å². The fourth-order valence-electron chi connectivity index (χ4n) is 2.17. The highest BCUT2D eigenvalue weighted by atomic mass is 32.2. The first-order valence-electron chi connectivity index (χ1n) is 6.74. The summed E-state index contributed by atoms with van der Waals surface area (Å²) in [7, 11) is -4.21. The molecule has 0 saturated heterocycles. The minimum absolute atomic E-state index is 0.105. The van der Waals surface area contributed by atoms with Crippen molar-refractivity contribution >= 4 is 27.2 Å². The summed E-state index contributed by atoms with van der Waals surface area (Å²) in [6.07, 6.45) is 2.94. The Bertz CT molecular complexity index is 1030. The predicted octanol–water partition coefficient (Wildman–Crippen LogP) is 1.45. The molecule has 3 aromatic rings. The Balaban J connectivity index is 2.10. The Morgan fingerprint density at radius 2 is 1.96 bits per heavy atom. The van der Waals surface area contributed by atoms with E-state index in [-0.39, 0.29) is 17.2 Å². The summed E-state index contributed by atoms with van der Waals surface area (Å²) < 4.78 is 28.4. The predicted molar refractivity (Wildman–Crippen MR) is 84.2 cm³/mol. The average molecular weight is 348 g/mol. The van der Waals surface area contributed by atoms with Crippen LogP contribution < -0.4 is 4.72 Å². The fourth-order valence-corrected chi connectivity index (χ4v) is 3.18. The number of aryl methyl sites for hydroxylation is 2. The Hall–Kier alpha value is -3.08. The van der Waals surface area contributed by atoms with E-state index in [0.717, 1.165) is 0 Å². The van der Waals surface area contributed by atoms with Gasteiger partial charge in [-0.15, -0.1) is 5.10 Å². The van der Waals surface area contributed by atoms with Gasteiger partial charge in [0.25, 0.3) is 26.6 Å². The van der Waals surface area contributed by atoms with Crippen LogP contribution in [0.1, 0.15) is 11.1 Å². The zero-order valence-corrected chi connectivity index (χ0v) is 13.5. The molecule has 0 atom stereocenters. The van der Waals surface area contributed by atoms with E-state index in [9.17, 15) is 18.5 Å². The molecule has 0 unspecified atom stereocenters. The first kappa shape index (κ1) is 15.8. The molecule has 124 valence electrons. The van der Waals surface area contributed by atoms with Crippen LogP contribution in [0.25, 0.3) is 5.78 Å². The third kappa shape index (κ3) is 2.65. The minimum atomic E-state index is -4.21. The van der Waals surface area contributed by atoms with Crippen molar-refractivity contribution < 1.29 is 13.3 Å². The minimum Gasteiger partial charge on any atom is -0.270 e. The second kappa shape index (κ2) is 5.53. The molecule has 0 radical (unpaired) electrons. The van der Waals surface area contributed by atoms with Crippen LogP contribution in [-0.4, -0.2) is 32.9 Å². The highest BCUT2D eigenvalue weighted by molar-refractivity contribution is 7.92. The number of aromatic nitrogens is 4. The van der Waals surface area contributed by atoms with Gasteiger partial charge in [0.2, 0.25) is 0 Å². The van der Waals surface area contributed by atoms with Gasteiger partial charge >= 0.3 is 0 Å². The Morgan fingerprint density at radius 1 is 1.25 bits per heavy atom. The van der Waals surface area contributed by atoms with E-state index in [1.807, 2.05) is 0 Å². The van der Waals surface area contributed by atoms with Crippen molar-refractivity contribution in [3.8, 4) is 0 Å². The Labute approximate surface area is 136 Å². The number of anilines is 1. The molecule has 1 N–H and O–H groups in total. The number of hydrogen-bond donors (Lipinski definition) is 1. The van der Waals surface area contributed by atoms with Crippen molar-refractivity contribution in [2.24, 2.45) is 0 Å². The standard InChI is InChI=1S/C13H12N6O4S/c1-8-4-5-9(2)11(19(20)21)10(8)17-24(22,23)13-15-12-14-6-3-7-18(12)16-13/h3-7,17H,1-2H3. The monoisotopic (exact) mass is 348 g/mol. The molecule has 0 aliphatic heterocycles. The van der Waals surface area contributed by atoms with Crippen molar-refractivity contribution in [3.63, 3.8) is 0 Å². The maximum atomic E-state index is 12.5. The third-order valence-corrected chi connectivity index (χ3v) is 4.47. The highest BCUT2D eigenvalue weighted by Crippen LogP contribution is 2.32. The van der Waals surface area contributed by atoms with E-state index in [4.69, 9.17) is 0 Å². The molecule has 0 fully saturated rings. The molecule has 0 saturated carbocycles. The van der Waals surface area contributed by atoms with Gasteiger partial charge < -0.3 is 0 Å². The SMILES string of the molecule is Cc1ccc(C)c([N+](=O)[O-])c1NS(=O)(=O)c1nc2ncccn2n1. The van der Waals surface area contributed by atoms with E-state index >= 15 is 0 Å². The molecule has 0 aliphatic carbocycles. The molecule has 1 aromatic carbocycles. The molecule has 2 aromatic heterocycles. The first-order chi connectivity index (χ1) is 11.3. The van der Waals surface area contributed by atoms with Gasteiger partial charge in [0.1, 0.15) is 5.69 Å². The van der Waals surface area contributed by atoms with E-state index < -0.39 is 20.1 Å². The number of fused-ring (bicyclic) bond motifs is 1. The normalized spacial score (nSPS) is 11.6. The van der Waals surface area contributed by atoms with Gasteiger partial charge in [-0.2, -0.15) is 13.4 Å². The molecular weight excluding hydrogens is 336 g/mol. The van der Waals surface area contributed by atoms with Crippen LogP contribution in [0, 0.1) is 24.0 Å². The molecule has 24 heavy (non-hydrogen) atoms. The van der Waals surface area contributed by atoms with Crippen LogP contribution in [-0.2, 0) is 10.0 Å². The largest absolute Gasteiger partial charge is 0.299 e. The van der Waals surface area contributed by atoms with Crippen molar-refractivity contribution in [2.45, 2.75) is 19.0 Å². The molecule has 10 nitrogen and oxygen atoms in total. The molecule has 0 spiro atoms. The lowest BCUT2D eigenvalue weighted by Crippen LogP contribution is -2.17. The molecule has 0 amide bonds. The zero-order valence-electron chi connectivity index (χ0n) is 12.7. The quantitative estimate of drug-likeness (QED) is 0.557. The lowest BCUT2D eigenvalue weighted by atomic mass is 10.1.